The summed E-state index contributed by atoms with van der Waals surface area (Å²) in [6.45, 7) is 3.32. The lowest BCUT2D eigenvalue weighted by Crippen LogP contribution is -2.27. The zero-order valence-corrected chi connectivity index (χ0v) is 13.0. The first-order chi connectivity index (χ1) is 10.2. The number of benzene rings is 1. The molecule has 21 heavy (non-hydrogen) atoms. The molecule has 0 aliphatic heterocycles. The van der Waals surface area contributed by atoms with Gasteiger partial charge in [-0.2, -0.15) is 0 Å². The molecule has 1 saturated carbocycles. The second-order valence-electron chi connectivity index (χ2n) is 6.19. The van der Waals surface area contributed by atoms with Crippen molar-refractivity contribution in [1.82, 2.24) is 9.88 Å². The largest absolute Gasteiger partial charge is 0.439 e. The van der Waals surface area contributed by atoms with E-state index in [0.717, 1.165) is 29.7 Å². The molecule has 0 spiro atoms. The summed E-state index contributed by atoms with van der Waals surface area (Å²) in [5, 5.41) is 0. The van der Waals surface area contributed by atoms with E-state index in [-0.39, 0.29) is 6.04 Å². The van der Waals surface area contributed by atoms with Crippen LogP contribution in [0, 0.1) is 5.92 Å². The molecule has 112 valence electrons. The molecule has 1 fully saturated rings. The van der Waals surface area contributed by atoms with Gasteiger partial charge in [-0.15, -0.1) is 0 Å². The number of aromatic nitrogens is 1. The zero-order chi connectivity index (χ0) is 14.7. The van der Waals surface area contributed by atoms with Crippen LogP contribution in [0.3, 0.4) is 0 Å². The SMILES string of the molecule is CC(c1ncc(-c2ccccc2)o1)N(C)CC1CCCC1. The maximum Gasteiger partial charge on any atom is 0.211 e. The number of rotatable bonds is 5. The van der Waals surface area contributed by atoms with Crippen LogP contribution in [0.1, 0.15) is 44.5 Å². The maximum absolute atomic E-state index is 5.96. The van der Waals surface area contributed by atoms with Gasteiger partial charge in [0.15, 0.2) is 5.76 Å². The van der Waals surface area contributed by atoms with Crippen molar-refractivity contribution in [1.29, 1.82) is 0 Å². The Bertz CT molecular complexity index is 558. The molecular weight excluding hydrogens is 260 g/mol. The summed E-state index contributed by atoms with van der Waals surface area (Å²) in [5.74, 6) is 2.52. The van der Waals surface area contributed by atoms with Gasteiger partial charge in [0.1, 0.15) is 0 Å². The highest BCUT2D eigenvalue weighted by molar-refractivity contribution is 5.55. The topological polar surface area (TPSA) is 29.3 Å². The van der Waals surface area contributed by atoms with Crippen molar-refractivity contribution in [2.24, 2.45) is 5.92 Å². The number of hydrogen-bond acceptors (Lipinski definition) is 3. The molecule has 0 radical (unpaired) electrons. The molecule has 1 aromatic carbocycles. The normalized spacial score (nSPS) is 17.5. The first-order valence-corrected chi connectivity index (χ1v) is 7.95. The molecule has 1 aliphatic rings. The summed E-state index contributed by atoms with van der Waals surface area (Å²) >= 11 is 0. The molecule has 0 amide bonds. The van der Waals surface area contributed by atoms with Gasteiger partial charge in [-0.1, -0.05) is 43.2 Å². The second kappa shape index (κ2) is 6.44. The van der Waals surface area contributed by atoms with E-state index in [2.05, 4.69) is 36.0 Å². The number of oxazole rings is 1. The zero-order valence-electron chi connectivity index (χ0n) is 13.0. The van der Waals surface area contributed by atoms with Crippen molar-refractivity contribution in [2.45, 2.75) is 38.6 Å². The van der Waals surface area contributed by atoms with Crippen LogP contribution in [0.25, 0.3) is 11.3 Å². The van der Waals surface area contributed by atoms with Crippen molar-refractivity contribution >= 4 is 0 Å². The molecular formula is C18H24N2O. The average Bonchev–Trinajstić information content (AvgIpc) is 3.18. The van der Waals surface area contributed by atoms with Crippen LogP contribution in [0.2, 0.25) is 0 Å². The Morgan fingerprint density at radius 3 is 2.67 bits per heavy atom. The van der Waals surface area contributed by atoms with Gasteiger partial charge in [0.05, 0.1) is 12.2 Å². The molecule has 3 nitrogen and oxygen atoms in total. The van der Waals surface area contributed by atoms with Gasteiger partial charge in [-0.25, -0.2) is 4.98 Å². The highest BCUT2D eigenvalue weighted by Gasteiger charge is 2.22. The van der Waals surface area contributed by atoms with Gasteiger partial charge >= 0.3 is 0 Å². The molecule has 2 aromatic rings. The molecule has 1 aromatic heterocycles. The van der Waals surface area contributed by atoms with E-state index in [1.807, 2.05) is 24.4 Å². The first kappa shape index (κ1) is 14.3. The van der Waals surface area contributed by atoms with Crippen molar-refractivity contribution in [3.05, 3.63) is 42.4 Å². The minimum atomic E-state index is 0.225. The van der Waals surface area contributed by atoms with E-state index in [4.69, 9.17) is 4.42 Å². The van der Waals surface area contributed by atoms with Crippen LogP contribution in [-0.4, -0.2) is 23.5 Å². The van der Waals surface area contributed by atoms with Gasteiger partial charge in [0.2, 0.25) is 5.89 Å². The summed E-state index contributed by atoms with van der Waals surface area (Å²) in [7, 11) is 2.18. The third-order valence-corrected chi connectivity index (χ3v) is 4.62. The molecule has 0 N–H and O–H groups in total. The maximum atomic E-state index is 5.96. The molecule has 1 heterocycles. The molecule has 3 rings (SSSR count). The van der Waals surface area contributed by atoms with Gasteiger partial charge < -0.3 is 4.42 Å². The number of nitrogens with zero attached hydrogens (tertiary/aromatic N) is 2. The van der Waals surface area contributed by atoms with Crippen molar-refractivity contribution in [3.8, 4) is 11.3 Å². The van der Waals surface area contributed by atoms with E-state index < -0.39 is 0 Å². The molecule has 0 bridgehead atoms. The molecule has 1 aliphatic carbocycles. The first-order valence-electron chi connectivity index (χ1n) is 7.95. The lowest BCUT2D eigenvalue weighted by atomic mass is 10.1. The molecule has 1 unspecified atom stereocenters. The van der Waals surface area contributed by atoms with E-state index in [1.54, 1.807) is 0 Å². The minimum absolute atomic E-state index is 0.225. The van der Waals surface area contributed by atoms with E-state index in [9.17, 15) is 0 Å². The standard InChI is InChI=1S/C18H24N2O/c1-14(20(2)13-15-8-6-7-9-15)18-19-12-17(21-18)16-10-4-3-5-11-16/h3-5,10-12,14-15H,6-9,13H2,1-2H3. The Kier molecular flexibility index (Phi) is 4.39. The lowest BCUT2D eigenvalue weighted by molar-refractivity contribution is 0.195. The third kappa shape index (κ3) is 3.35. The van der Waals surface area contributed by atoms with Crippen LogP contribution in [0.15, 0.2) is 40.9 Å². The molecule has 1 atom stereocenters. The predicted molar refractivity (Wildman–Crippen MR) is 84.9 cm³/mol. The Morgan fingerprint density at radius 1 is 1.24 bits per heavy atom. The Hall–Kier alpha value is -1.61. The van der Waals surface area contributed by atoms with Crippen LogP contribution in [-0.2, 0) is 0 Å². The molecule has 3 heteroatoms. The van der Waals surface area contributed by atoms with E-state index in [1.165, 1.54) is 25.7 Å². The van der Waals surface area contributed by atoms with Crippen LogP contribution in [0.4, 0.5) is 0 Å². The third-order valence-electron chi connectivity index (χ3n) is 4.62. The number of hydrogen-bond donors (Lipinski definition) is 0. The van der Waals surface area contributed by atoms with Crippen molar-refractivity contribution < 1.29 is 4.42 Å². The summed E-state index contributed by atoms with van der Waals surface area (Å²) < 4.78 is 5.96. The minimum Gasteiger partial charge on any atom is -0.439 e. The van der Waals surface area contributed by atoms with Gasteiger partial charge in [-0.05, 0) is 32.7 Å². The smallest absolute Gasteiger partial charge is 0.211 e. The van der Waals surface area contributed by atoms with E-state index in [0.29, 0.717) is 0 Å². The van der Waals surface area contributed by atoms with Gasteiger partial charge in [-0.3, -0.25) is 4.90 Å². The summed E-state index contributed by atoms with van der Waals surface area (Å²) in [5.41, 5.74) is 1.09. The van der Waals surface area contributed by atoms with Crippen LogP contribution >= 0.6 is 0 Å². The Balaban J connectivity index is 1.67. The molecule has 0 saturated heterocycles. The summed E-state index contributed by atoms with van der Waals surface area (Å²) in [6.07, 6.45) is 7.37. The lowest BCUT2D eigenvalue weighted by Gasteiger charge is -2.25. The van der Waals surface area contributed by atoms with Crippen LogP contribution < -0.4 is 0 Å². The summed E-state index contributed by atoms with van der Waals surface area (Å²) in [4.78, 5) is 6.85. The van der Waals surface area contributed by atoms with Crippen LogP contribution in [0.5, 0.6) is 0 Å². The highest BCUT2D eigenvalue weighted by atomic mass is 16.4. The van der Waals surface area contributed by atoms with Gasteiger partial charge in [0, 0.05) is 12.1 Å². The Labute approximate surface area is 127 Å². The van der Waals surface area contributed by atoms with Crippen molar-refractivity contribution in [2.75, 3.05) is 13.6 Å². The second-order valence-corrected chi connectivity index (χ2v) is 6.19. The fourth-order valence-electron chi connectivity index (χ4n) is 3.16. The fourth-order valence-corrected chi connectivity index (χ4v) is 3.16. The quantitative estimate of drug-likeness (QED) is 0.808. The highest BCUT2D eigenvalue weighted by Crippen LogP contribution is 2.29. The summed E-state index contributed by atoms with van der Waals surface area (Å²) in [6, 6.07) is 10.4. The fraction of sp³-hybridized carbons (Fsp3) is 0.500. The van der Waals surface area contributed by atoms with E-state index >= 15 is 0 Å². The predicted octanol–water partition coefficient (Wildman–Crippen LogP) is 4.52. The van der Waals surface area contributed by atoms with Gasteiger partial charge in [0.25, 0.3) is 0 Å². The Morgan fingerprint density at radius 2 is 1.95 bits per heavy atom. The average molecular weight is 284 g/mol. The van der Waals surface area contributed by atoms with Crippen molar-refractivity contribution in [3.63, 3.8) is 0 Å². The monoisotopic (exact) mass is 284 g/mol.